The van der Waals surface area contributed by atoms with Crippen LogP contribution in [0.2, 0.25) is 0 Å². The van der Waals surface area contributed by atoms with Gasteiger partial charge in [0, 0.05) is 0 Å². The van der Waals surface area contributed by atoms with Gasteiger partial charge in [-0.05, 0) is 49.5 Å². The van der Waals surface area contributed by atoms with Crippen molar-refractivity contribution in [1.29, 1.82) is 0 Å². The van der Waals surface area contributed by atoms with Crippen molar-refractivity contribution in [3.05, 3.63) is 35.6 Å². The second kappa shape index (κ2) is 11.7. The van der Waals surface area contributed by atoms with E-state index in [1.54, 1.807) is 6.07 Å². The van der Waals surface area contributed by atoms with Crippen LogP contribution in [-0.4, -0.2) is 13.1 Å². The van der Waals surface area contributed by atoms with Crippen LogP contribution in [0.3, 0.4) is 0 Å². The van der Waals surface area contributed by atoms with E-state index in [2.05, 4.69) is 19.2 Å². The lowest BCUT2D eigenvalue weighted by Crippen LogP contribution is -2.24. The lowest BCUT2D eigenvalue weighted by molar-refractivity contribution is 0.423. The Bertz CT molecular complexity index is 364. The number of nitrogens with one attached hydrogen (secondary N) is 1. The van der Waals surface area contributed by atoms with Gasteiger partial charge >= 0.3 is 0 Å². The average Bonchev–Trinajstić information content (AvgIpc) is 2.48. The molecule has 0 radical (unpaired) electrons. The van der Waals surface area contributed by atoms with E-state index in [0.717, 1.165) is 25.1 Å². The summed E-state index contributed by atoms with van der Waals surface area (Å²) in [5, 5.41) is 3.45. The Hall–Kier alpha value is -0.890. The second-order valence-corrected chi connectivity index (χ2v) is 6.06. The Labute approximate surface area is 130 Å². The quantitative estimate of drug-likeness (QED) is 0.513. The number of halogens is 1. The molecule has 0 aliphatic carbocycles. The second-order valence-electron chi connectivity index (χ2n) is 6.06. The Morgan fingerprint density at radius 3 is 2.52 bits per heavy atom. The first-order valence-electron chi connectivity index (χ1n) is 8.71. The normalized spacial score (nSPS) is 12.5. The third kappa shape index (κ3) is 8.87. The van der Waals surface area contributed by atoms with Crippen LogP contribution < -0.4 is 5.32 Å². The molecule has 1 aromatic rings. The van der Waals surface area contributed by atoms with Crippen molar-refractivity contribution in [3.63, 3.8) is 0 Å². The monoisotopic (exact) mass is 293 g/mol. The zero-order valence-electron chi connectivity index (χ0n) is 13.8. The molecule has 1 nitrogen and oxygen atoms in total. The van der Waals surface area contributed by atoms with E-state index in [1.165, 1.54) is 51.0 Å². The van der Waals surface area contributed by atoms with E-state index in [-0.39, 0.29) is 5.82 Å². The Balaban J connectivity index is 2.33. The summed E-state index contributed by atoms with van der Waals surface area (Å²) in [6.45, 7) is 6.45. The fraction of sp³-hybridized carbons (Fsp3) is 0.684. The van der Waals surface area contributed by atoms with Gasteiger partial charge in [-0.15, -0.1) is 0 Å². The predicted octanol–water partition coefficient (Wildman–Crippen LogP) is 5.34. The molecule has 1 N–H and O–H groups in total. The van der Waals surface area contributed by atoms with E-state index >= 15 is 0 Å². The van der Waals surface area contributed by atoms with Gasteiger partial charge in [0.2, 0.25) is 0 Å². The van der Waals surface area contributed by atoms with Crippen LogP contribution in [0.1, 0.15) is 64.4 Å². The molecule has 21 heavy (non-hydrogen) atoms. The molecule has 0 heterocycles. The summed E-state index contributed by atoms with van der Waals surface area (Å²) < 4.78 is 13.3. The van der Waals surface area contributed by atoms with Crippen molar-refractivity contribution in [2.75, 3.05) is 13.1 Å². The van der Waals surface area contributed by atoms with Gasteiger partial charge in [0.25, 0.3) is 0 Å². The molecule has 0 amide bonds. The van der Waals surface area contributed by atoms with Gasteiger partial charge in [-0.2, -0.15) is 0 Å². The first-order valence-corrected chi connectivity index (χ1v) is 8.71. The third-order valence-electron chi connectivity index (χ3n) is 4.06. The maximum absolute atomic E-state index is 13.3. The fourth-order valence-electron chi connectivity index (χ4n) is 2.84. The van der Waals surface area contributed by atoms with Crippen molar-refractivity contribution in [1.82, 2.24) is 5.32 Å². The van der Waals surface area contributed by atoms with Gasteiger partial charge in [-0.1, -0.05) is 64.5 Å². The van der Waals surface area contributed by atoms with Crippen molar-refractivity contribution in [2.45, 2.75) is 65.2 Å². The maximum Gasteiger partial charge on any atom is 0.123 e. The smallest absolute Gasteiger partial charge is 0.123 e. The van der Waals surface area contributed by atoms with Crippen LogP contribution in [0, 0.1) is 11.7 Å². The van der Waals surface area contributed by atoms with Crippen molar-refractivity contribution >= 4 is 0 Å². The highest BCUT2D eigenvalue weighted by Crippen LogP contribution is 2.17. The molecule has 0 bridgehead atoms. The zero-order valence-corrected chi connectivity index (χ0v) is 13.8. The number of hydrogen-bond acceptors (Lipinski definition) is 1. The molecule has 0 saturated heterocycles. The van der Waals surface area contributed by atoms with Crippen LogP contribution >= 0.6 is 0 Å². The molecule has 1 unspecified atom stereocenters. The molecule has 1 aromatic carbocycles. The first-order chi connectivity index (χ1) is 10.3. The molecule has 120 valence electrons. The van der Waals surface area contributed by atoms with Gasteiger partial charge < -0.3 is 5.32 Å². The SMILES string of the molecule is CCCCCCCCC(CNCC)Cc1cccc(F)c1. The molecule has 0 aromatic heterocycles. The van der Waals surface area contributed by atoms with Crippen molar-refractivity contribution in [2.24, 2.45) is 5.92 Å². The largest absolute Gasteiger partial charge is 0.317 e. The molecular weight excluding hydrogens is 261 g/mol. The van der Waals surface area contributed by atoms with E-state index in [4.69, 9.17) is 0 Å². The minimum absolute atomic E-state index is 0.116. The van der Waals surface area contributed by atoms with Gasteiger partial charge in [0.05, 0.1) is 0 Å². The molecule has 2 heteroatoms. The molecule has 0 aliphatic rings. The van der Waals surface area contributed by atoms with E-state index < -0.39 is 0 Å². The average molecular weight is 293 g/mol. The van der Waals surface area contributed by atoms with E-state index in [1.807, 2.05) is 12.1 Å². The minimum Gasteiger partial charge on any atom is -0.317 e. The van der Waals surface area contributed by atoms with Gasteiger partial charge in [0.1, 0.15) is 5.82 Å². The number of rotatable bonds is 12. The van der Waals surface area contributed by atoms with Crippen molar-refractivity contribution < 1.29 is 4.39 Å². The number of benzene rings is 1. The standard InChI is InChI=1S/C19H32FN/c1-3-5-6-7-8-9-11-18(16-21-4-2)14-17-12-10-13-19(20)15-17/h10,12-13,15,18,21H,3-9,11,14,16H2,1-2H3. The van der Waals surface area contributed by atoms with Crippen LogP contribution in [0.15, 0.2) is 24.3 Å². The maximum atomic E-state index is 13.3. The van der Waals surface area contributed by atoms with Gasteiger partial charge in [-0.25, -0.2) is 4.39 Å². The van der Waals surface area contributed by atoms with E-state index in [0.29, 0.717) is 5.92 Å². The molecule has 0 spiro atoms. The summed E-state index contributed by atoms with van der Waals surface area (Å²) in [4.78, 5) is 0. The minimum atomic E-state index is -0.116. The third-order valence-corrected chi connectivity index (χ3v) is 4.06. The fourth-order valence-corrected chi connectivity index (χ4v) is 2.84. The Morgan fingerprint density at radius 1 is 1.05 bits per heavy atom. The van der Waals surface area contributed by atoms with Crippen LogP contribution in [-0.2, 0) is 6.42 Å². The summed E-state index contributed by atoms with van der Waals surface area (Å²) in [6.07, 6.45) is 10.3. The number of unbranched alkanes of at least 4 members (excludes halogenated alkanes) is 5. The topological polar surface area (TPSA) is 12.0 Å². The van der Waals surface area contributed by atoms with Crippen LogP contribution in [0.5, 0.6) is 0 Å². The zero-order chi connectivity index (χ0) is 15.3. The summed E-state index contributed by atoms with van der Waals surface area (Å²) in [5.74, 6) is 0.507. The molecular formula is C19H32FN. The molecule has 1 atom stereocenters. The molecule has 0 fully saturated rings. The lowest BCUT2D eigenvalue weighted by atomic mass is 9.93. The Morgan fingerprint density at radius 2 is 1.81 bits per heavy atom. The first kappa shape index (κ1) is 18.2. The summed E-state index contributed by atoms with van der Waals surface area (Å²) in [5.41, 5.74) is 1.13. The summed E-state index contributed by atoms with van der Waals surface area (Å²) in [7, 11) is 0. The molecule has 0 saturated carbocycles. The van der Waals surface area contributed by atoms with Gasteiger partial charge in [0.15, 0.2) is 0 Å². The Kier molecular flexibility index (Phi) is 10.1. The summed E-state index contributed by atoms with van der Waals surface area (Å²) >= 11 is 0. The van der Waals surface area contributed by atoms with Crippen LogP contribution in [0.4, 0.5) is 4.39 Å². The highest BCUT2D eigenvalue weighted by Gasteiger charge is 2.09. The summed E-state index contributed by atoms with van der Waals surface area (Å²) in [6, 6.07) is 7.07. The molecule has 1 rings (SSSR count). The van der Waals surface area contributed by atoms with Gasteiger partial charge in [-0.3, -0.25) is 0 Å². The predicted molar refractivity (Wildman–Crippen MR) is 90.1 cm³/mol. The highest BCUT2D eigenvalue weighted by molar-refractivity contribution is 5.16. The highest BCUT2D eigenvalue weighted by atomic mass is 19.1. The van der Waals surface area contributed by atoms with Crippen molar-refractivity contribution in [3.8, 4) is 0 Å². The van der Waals surface area contributed by atoms with E-state index in [9.17, 15) is 4.39 Å². The number of hydrogen-bond donors (Lipinski definition) is 1. The lowest BCUT2D eigenvalue weighted by Gasteiger charge is -2.17. The molecule has 0 aliphatic heterocycles. The van der Waals surface area contributed by atoms with Crippen LogP contribution in [0.25, 0.3) is 0 Å².